The van der Waals surface area contributed by atoms with Crippen LogP contribution in [0.4, 0.5) is 5.69 Å². The summed E-state index contributed by atoms with van der Waals surface area (Å²) in [7, 11) is 1.39. The summed E-state index contributed by atoms with van der Waals surface area (Å²) in [5.41, 5.74) is 7.92. The molecule has 2 rings (SSSR count). The second-order valence-corrected chi connectivity index (χ2v) is 4.79. The monoisotopic (exact) mass is 248 g/mol. The zero-order valence-electron chi connectivity index (χ0n) is 10.7. The number of ether oxygens (including phenoxy) is 1. The number of nitrogens with two attached hydrogens (primary N) is 1. The third-order valence-corrected chi connectivity index (χ3v) is 3.48. The maximum atomic E-state index is 11.8. The number of nitrogens with one attached hydrogen (secondary N) is 1. The average molecular weight is 248 g/mol. The van der Waals surface area contributed by atoms with Crippen molar-refractivity contribution in [3.8, 4) is 0 Å². The number of anilines is 1. The predicted octanol–water partition coefficient (Wildman–Crippen LogP) is 1.60. The molecule has 1 atom stereocenters. The number of esters is 1. The Bertz CT molecular complexity index is 426. The van der Waals surface area contributed by atoms with Gasteiger partial charge in [0.15, 0.2) is 0 Å². The molecule has 1 heterocycles. The maximum absolute atomic E-state index is 11.8. The number of piperidine rings is 1. The topological polar surface area (TPSA) is 64.3 Å². The number of carbonyl (C=O) groups excluding carboxylic acids is 1. The molecule has 4 nitrogen and oxygen atoms in total. The van der Waals surface area contributed by atoms with Crippen molar-refractivity contribution in [1.29, 1.82) is 0 Å². The van der Waals surface area contributed by atoms with Gasteiger partial charge in [-0.25, -0.2) is 4.79 Å². The molecule has 3 N–H and O–H groups in total. The van der Waals surface area contributed by atoms with Crippen LogP contribution in [0.25, 0.3) is 0 Å². The minimum Gasteiger partial charge on any atom is -0.465 e. The van der Waals surface area contributed by atoms with Crippen molar-refractivity contribution in [2.24, 2.45) is 5.92 Å². The largest absolute Gasteiger partial charge is 0.465 e. The number of benzene rings is 1. The summed E-state index contributed by atoms with van der Waals surface area (Å²) in [5.74, 6) is 0.232. The first kappa shape index (κ1) is 12.9. The van der Waals surface area contributed by atoms with Crippen molar-refractivity contribution < 1.29 is 9.53 Å². The van der Waals surface area contributed by atoms with E-state index in [2.05, 4.69) is 5.32 Å². The summed E-state index contributed by atoms with van der Waals surface area (Å²) in [4.78, 5) is 11.8. The number of hydrogen-bond acceptors (Lipinski definition) is 4. The van der Waals surface area contributed by atoms with E-state index in [0.717, 1.165) is 25.1 Å². The van der Waals surface area contributed by atoms with Crippen LogP contribution in [0, 0.1) is 5.92 Å². The van der Waals surface area contributed by atoms with Crippen LogP contribution in [-0.2, 0) is 11.2 Å². The third-order valence-electron chi connectivity index (χ3n) is 3.48. The van der Waals surface area contributed by atoms with E-state index in [0.29, 0.717) is 17.2 Å². The van der Waals surface area contributed by atoms with Gasteiger partial charge in [0.05, 0.1) is 12.7 Å². The van der Waals surface area contributed by atoms with Crippen LogP contribution < -0.4 is 11.1 Å². The zero-order valence-corrected chi connectivity index (χ0v) is 10.7. The summed E-state index contributed by atoms with van der Waals surface area (Å²) in [5, 5.41) is 3.38. The summed E-state index contributed by atoms with van der Waals surface area (Å²) < 4.78 is 4.81. The van der Waals surface area contributed by atoms with Crippen molar-refractivity contribution in [2.75, 3.05) is 25.9 Å². The molecule has 0 spiro atoms. The summed E-state index contributed by atoms with van der Waals surface area (Å²) in [6.07, 6.45) is 3.27. The predicted molar refractivity (Wildman–Crippen MR) is 71.5 cm³/mol. The zero-order chi connectivity index (χ0) is 13.0. The summed E-state index contributed by atoms with van der Waals surface area (Å²) in [6, 6.07) is 5.61. The molecule has 0 saturated carbocycles. The first-order valence-electron chi connectivity index (χ1n) is 6.38. The van der Waals surface area contributed by atoms with Gasteiger partial charge < -0.3 is 15.8 Å². The van der Waals surface area contributed by atoms with Gasteiger partial charge in [-0.3, -0.25) is 0 Å². The third kappa shape index (κ3) is 2.82. The molecule has 0 bridgehead atoms. The summed E-state index contributed by atoms with van der Waals surface area (Å²) in [6.45, 7) is 2.10. The van der Waals surface area contributed by atoms with Gasteiger partial charge >= 0.3 is 5.97 Å². The Labute approximate surface area is 108 Å². The number of methoxy groups -OCH3 is 1. The Morgan fingerprint density at radius 3 is 3.06 bits per heavy atom. The molecule has 18 heavy (non-hydrogen) atoms. The smallest absolute Gasteiger partial charge is 0.340 e. The quantitative estimate of drug-likeness (QED) is 0.630. The lowest BCUT2D eigenvalue weighted by molar-refractivity contribution is 0.0600. The van der Waals surface area contributed by atoms with Gasteiger partial charge in [-0.1, -0.05) is 12.1 Å². The van der Waals surface area contributed by atoms with Crippen molar-refractivity contribution in [3.05, 3.63) is 29.3 Å². The molecule has 1 aromatic rings. The molecule has 1 saturated heterocycles. The molecule has 98 valence electrons. The fraction of sp³-hybridized carbons (Fsp3) is 0.500. The molecule has 1 aliphatic rings. The Hall–Kier alpha value is -1.55. The van der Waals surface area contributed by atoms with Gasteiger partial charge in [-0.2, -0.15) is 0 Å². The van der Waals surface area contributed by atoms with E-state index in [4.69, 9.17) is 10.5 Å². The van der Waals surface area contributed by atoms with E-state index in [-0.39, 0.29) is 5.97 Å². The molecule has 1 fully saturated rings. The number of nitrogen functional groups attached to an aromatic ring is 1. The molecule has 0 aliphatic carbocycles. The molecule has 1 aromatic carbocycles. The fourth-order valence-electron chi connectivity index (χ4n) is 2.55. The Balaban J connectivity index is 2.20. The van der Waals surface area contributed by atoms with Gasteiger partial charge in [-0.05, 0) is 49.9 Å². The Morgan fingerprint density at radius 2 is 2.39 bits per heavy atom. The lowest BCUT2D eigenvalue weighted by atomic mass is 9.90. The minimum absolute atomic E-state index is 0.341. The Kier molecular flexibility index (Phi) is 4.20. The molecular weight excluding hydrogens is 228 g/mol. The van der Waals surface area contributed by atoms with Gasteiger partial charge in [-0.15, -0.1) is 0 Å². The number of carbonyl (C=O) groups is 1. The van der Waals surface area contributed by atoms with E-state index in [1.807, 2.05) is 12.1 Å². The van der Waals surface area contributed by atoms with Crippen molar-refractivity contribution in [3.63, 3.8) is 0 Å². The van der Waals surface area contributed by atoms with Crippen LogP contribution in [-0.4, -0.2) is 26.2 Å². The molecule has 1 aliphatic heterocycles. The van der Waals surface area contributed by atoms with Gasteiger partial charge in [0.2, 0.25) is 0 Å². The molecule has 0 amide bonds. The second-order valence-electron chi connectivity index (χ2n) is 4.79. The van der Waals surface area contributed by atoms with E-state index in [1.165, 1.54) is 20.0 Å². The van der Waals surface area contributed by atoms with Crippen LogP contribution in [0.15, 0.2) is 18.2 Å². The standard InChI is InChI=1S/C14H20N2O2/c1-18-14(17)13-11(5-2-6-12(13)15)8-10-4-3-7-16-9-10/h2,5-6,10,16H,3-4,7-9,15H2,1H3. The number of hydrogen-bond donors (Lipinski definition) is 2. The van der Waals surface area contributed by atoms with Gasteiger partial charge in [0.25, 0.3) is 0 Å². The summed E-state index contributed by atoms with van der Waals surface area (Å²) >= 11 is 0. The lowest BCUT2D eigenvalue weighted by Crippen LogP contribution is -2.31. The van der Waals surface area contributed by atoms with E-state index >= 15 is 0 Å². The normalized spacial score (nSPS) is 19.5. The second kappa shape index (κ2) is 5.87. The van der Waals surface area contributed by atoms with Crippen LogP contribution >= 0.6 is 0 Å². The molecule has 1 unspecified atom stereocenters. The SMILES string of the molecule is COC(=O)c1c(N)cccc1CC1CCCNC1. The number of rotatable bonds is 3. The fourth-order valence-corrected chi connectivity index (χ4v) is 2.55. The highest BCUT2D eigenvalue weighted by Crippen LogP contribution is 2.23. The minimum atomic E-state index is -0.341. The highest BCUT2D eigenvalue weighted by atomic mass is 16.5. The maximum Gasteiger partial charge on any atom is 0.340 e. The first-order valence-corrected chi connectivity index (χ1v) is 6.38. The van der Waals surface area contributed by atoms with Crippen molar-refractivity contribution >= 4 is 11.7 Å². The van der Waals surface area contributed by atoms with E-state index in [9.17, 15) is 4.79 Å². The van der Waals surface area contributed by atoms with Crippen LogP contribution in [0.3, 0.4) is 0 Å². The van der Waals surface area contributed by atoms with Crippen LogP contribution in [0.1, 0.15) is 28.8 Å². The van der Waals surface area contributed by atoms with Crippen molar-refractivity contribution in [1.82, 2.24) is 5.32 Å². The highest BCUT2D eigenvalue weighted by Gasteiger charge is 2.19. The Morgan fingerprint density at radius 1 is 1.56 bits per heavy atom. The molecular formula is C14H20N2O2. The van der Waals surface area contributed by atoms with Gasteiger partial charge in [0.1, 0.15) is 0 Å². The van der Waals surface area contributed by atoms with Gasteiger partial charge in [0, 0.05) is 5.69 Å². The highest BCUT2D eigenvalue weighted by molar-refractivity contribution is 5.96. The average Bonchev–Trinajstić information content (AvgIpc) is 2.39. The first-order chi connectivity index (χ1) is 8.72. The molecule has 0 radical (unpaired) electrons. The lowest BCUT2D eigenvalue weighted by Gasteiger charge is -2.23. The van der Waals surface area contributed by atoms with Crippen LogP contribution in [0.5, 0.6) is 0 Å². The molecule has 0 aromatic heterocycles. The van der Waals surface area contributed by atoms with E-state index < -0.39 is 0 Å². The molecule has 4 heteroatoms. The van der Waals surface area contributed by atoms with Crippen LogP contribution in [0.2, 0.25) is 0 Å². The van der Waals surface area contributed by atoms with E-state index in [1.54, 1.807) is 6.07 Å². The van der Waals surface area contributed by atoms with Crippen molar-refractivity contribution in [2.45, 2.75) is 19.3 Å².